The Bertz CT molecular complexity index is 667. The molecule has 5 nitrogen and oxygen atoms in total. The van der Waals surface area contributed by atoms with Crippen molar-refractivity contribution in [3.8, 4) is 22.8 Å². The molecule has 118 valence electrons. The second-order valence-electron chi connectivity index (χ2n) is 4.79. The summed E-state index contributed by atoms with van der Waals surface area (Å²) >= 11 is 1.50. The fourth-order valence-electron chi connectivity index (χ4n) is 2.16. The summed E-state index contributed by atoms with van der Waals surface area (Å²) in [4.78, 5) is 17.0. The fraction of sp³-hybridized carbons (Fsp3) is 0.375. The van der Waals surface area contributed by atoms with Crippen LogP contribution in [-0.2, 0) is 11.2 Å². The average molecular weight is 320 g/mol. The molecule has 0 aliphatic heterocycles. The third-order valence-electron chi connectivity index (χ3n) is 3.12. The van der Waals surface area contributed by atoms with Crippen LogP contribution in [0.25, 0.3) is 11.3 Å². The first-order valence-electron chi connectivity index (χ1n) is 7.08. The fourth-order valence-corrected chi connectivity index (χ4v) is 3.29. The van der Waals surface area contributed by atoms with Crippen molar-refractivity contribution in [2.45, 2.75) is 26.7 Å². The van der Waals surface area contributed by atoms with E-state index in [-0.39, 0.29) is 5.91 Å². The van der Waals surface area contributed by atoms with Crippen LogP contribution < -0.4 is 14.8 Å². The molecule has 0 radical (unpaired) electrons. The standard InChI is InChI=1S/C16H20N2O3S/c1-5-6-14-15(18-16(22-14)17-10(2)19)12-9-11(20-3)7-8-13(12)21-4/h7-9H,5-6H2,1-4H3,(H,17,18,19). The number of ether oxygens (including phenoxy) is 2. The Morgan fingerprint density at radius 1 is 1.32 bits per heavy atom. The summed E-state index contributed by atoms with van der Waals surface area (Å²) in [5.41, 5.74) is 1.71. The van der Waals surface area contributed by atoms with Crippen LogP contribution in [0.3, 0.4) is 0 Å². The molecular weight excluding hydrogens is 300 g/mol. The Morgan fingerprint density at radius 3 is 2.68 bits per heavy atom. The number of nitrogens with zero attached hydrogens (tertiary/aromatic N) is 1. The van der Waals surface area contributed by atoms with Crippen LogP contribution in [0.2, 0.25) is 0 Å². The van der Waals surface area contributed by atoms with Crippen LogP contribution in [-0.4, -0.2) is 25.1 Å². The number of carbonyl (C=O) groups is 1. The van der Waals surface area contributed by atoms with Crippen molar-refractivity contribution >= 4 is 22.4 Å². The van der Waals surface area contributed by atoms with E-state index in [1.54, 1.807) is 14.2 Å². The third-order valence-corrected chi connectivity index (χ3v) is 4.15. The van der Waals surface area contributed by atoms with Crippen molar-refractivity contribution in [2.24, 2.45) is 0 Å². The number of rotatable bonds is 6. The zero-order chi connectivity index (χ0) is 16.1. The quantitative estimate of drug-likeness (QED) is 0.881. The number of aryl methyl sites for hydroxylation is 1. The van der Waals surface area contributed by atoms with Gasteiger partial charge in [0.05, 0.1) is 19.9 Å². The summed E-state index contributed by atoms with van der Waals surface area (Å²) in [6.07, 6.45) is 1.90. The minimum atomic E-state index is -0.124. The first-order valence-corrected chi connectivity index (χ1v) is 7.90. The predicted octanol–water partition coefficient (Wildman–Crippen LogP) is 3.74. The average Bonchev–Trinajstić information content (AvgIpc) is 2.88. The lowest BCUT2D eigenvalue weighted by Gasteiger charge is -2.10. The number of thiazole rings is 1. The van der Waals surface area contributed by atoms with Gasteiger partial charge in [0.15, 0.2) is 5.13 Å². The van der Waals surface area contributed by atoms with E-state index in [2.05, 4.69) is 17.2 Å². The molecule has 1 heterocycles. The molecule has 1 aromatic carbocycles. The minimum absolute atomic E-state index is 0.124. The van der Waals surface area contributed by atoms with E-state index >= 15 is 0 Å². The Balaban J connectivity index is 2.54. The number of aromatic nitrogens is 1. The molecule has 1 N–H and O–H groups in total. The van der Waals surface area contributed by atoms with Crippen LogP contribution in [0.5, 0.6) is 11.5 Å². The lowest BCUT2D eigenvalue weighted by atomic mass is 10.1. The van der Waals surface area contributed by atoms with E-state index in [0.717, 1.165) is 40.5 Å². The molecule has 1 amide bonds. The van der Waals surface area contributed by atoms with Gasteiger partial charge in [0.1, 0.15) is 11.5 Å². The van der Waals surface area contributed by atoms with Gasteiger partial charge in [0.25, 0.3) is 0 Å². The SMILES string of the molecule is CCCc1sc(NC(C)=O)nc1-c1cc(OC)ccc1OC. The molecule has 1 aromatic heterocycles. The Kier molecular flexibility index (Phi) is 5.38. The van der Waals surface area contributed by atoms with Gasteiger partial charge >= 0.3 is 0 Å². The Labute approximate surface area is 134 Å². The second-order valence-corrected chi connectivity index (χ2v) is 5.87. The van der Waals surface area contributed by atoms with Gasteiger partial charge in [-0.05, 0) is 24.6 Å². The summed E-state index contributed by atoms with van der Waals surface area (Å²) in [6, 6.07) is 5.62. The minimum Gasteiger partial charge on any atom is -0.497 e. The molecule has 0 saturated carbocycles. The molecule has 0 aliphatic carbocycles. The summed E-state index contributed by atoms with van der Waals surface area (Å²) in [5, 5.41) is 3.36. The van der Waals surface area contributed by atoms with Crippen LogP contribution in [0.15, 0.2) is 18.2 Å². The Morgan fingerprint density at radius 2 is 2.09 bits per heavy atom. The normalized spacial score (nSPS) is 10.4. The number of hydrogen-bond acceptors (Lipinski definition) is 5. The van der Waals surface area contributed by atoms with Gasteiger partial charge in [-0.1, -0.05) is 13.3 Å². The maximum atomic E-state index is 11.3. The number of anilines is 1. The number of benzene rings is 1. The van der Waals surface area contributed by atoms with Crippen molar-refractivity contribution in [3.05, 3.63) is 23.1 Å². The topological polar surface area (TPSA) is 60.5 Å². The molecule has 2 rings (SSSR count). The number of methoxy groups -OCH3 is 2. The van der Waals surface area contributed by atoms with Gasteiger partial charge in [-0.2, -0.15) is 0 Å². The van der Waals surface area contributed by atoms with E-state index in [4.69, 9.17) is 9.47 Å². The van der Waals surface area contributed by atoms with Crippen LogP contribution >= 0.6 is 11.3 Å². The van der Waals surface area contributed by atoms with Gasteiger partial charge in [0, 0.05) is 17.4 Å². The van der Waals surface area contributed by atoms with Crippen molar-refractivity contribution < 1.29 is 14.3 Å². The molecule has 0 unspecified atom stereocenters. The monoisotopic (exact) mass is 320 g/mol. The first kappa shape index (κ1) is 16.3. The van der Waals surface area contributed by atoms with E-state index in [9.17, 15) is 4.79 Å². The summed E-state index contributed by atoms with van der Waals surface area (Å²) < 4.78 is 10.7. The number of nitrogens with one attached hydrogen (secondary N) is 1. The molecule has 6 heteroatoms. The smallest absolute Gasteiger partial charge is 0.223 e. The van der Waals surface area contributed by atoms with Gasteiger partial charge in [-0.3, -0.25) is 4.79 Å². The predicted molar refractivity (Wildman–Crippen MR) is 89.0 cm³/mol. The van der Waals surface area contributed by atoms with Gasteiger partial charge < -0.3 is 14.8 Å². The molecule has 0 aliphatic rings. The molecule has 0 saturated heterocycles. The number of hydrogen-bond donors (Lipinski definition) is 1. The highest BCUT2D eigenvalue weighted by Gasteiger charge is 2.17. The van der Waals surface area contributed by atoms with Crippen LogP contribution in [0.4, 0.5) is 5.13 Å². The van der Waals surface area contributed by atoms with Crippen molar-refractivity contribution in [3.63, 3.8) is 0 Å². The molecule has 22 heavy (non-hydrogen) atoms. The van der Waals surface area contributed by atoms with Gasteiger partial charge in [-0.25, -0.2) is 4.98 Å². The lowest BCUT2D eigenvalue weighted by molar-refractivity contribution is -0.114. The Hall–Kier alpha value is -2.08. The van der Waals surface area contributed by atoms with Gasteiger partial charge in [0.2, 0.25) is 5.91 Å². The van der Waals surface area contributed by atoms with E-state index in [0.29, 0.717) is 5.13 Å². The molecule has 0 fully saturated rings. The van der Waals surface area contributed by atoms with Crippen LogP contribution in [0, 0.1) is 0 Å². The molecule has 2 aromatic rings. The molecule has 0 bridgehead atoms. The van der Waals surface area contributed by atoms with Crippen molar-refractivity contribution in [1.29, 1.82) is 0 Å². The van der Waals surface area contributed by atoms with E-state index in [1.807, 2.05) is 18.2 Å². The number of carbonyl (C=O) groups excluding carboxylic acids is 1. The van der Waals surface area contributed by atoms with Crippen molar-refractivity contribution in [1.82, 2.24) is 4.98 Å². The molecular formula is C16H20N2O3S. The lowest BCUT2D eigenvalue weighted by Crippen LogP contribution is -2.05. The molecule has 0 spiro atoms. The van der Waals surface area contributed by atoms with Crippen molar-refractivity contribution in [2.75, 3.05) is 19.5 Å². The maximum absolute atomic E-state index is 11.3. The van der Waals surface area contributed by atoms with Crippen LogP contribution in [0.1, 0.15) is 25.1 Å². The third kappa shape index (κ3) is 3.57. The maximum Gasteiger partial charge on any atom is 0.223 e. The second kappa shape index (κ2) is 7.26. The first-order chi connectivity index (χ1) is 10.6. The zero-order valence-corrected chi connectivity index (χ0v) is 14.0. The summed E-state index contributed by atoms with van der Waals surface area (Å²) in [7, 11) is 3.26. The number of amides is 1. The summed E-state index contributed by atoms with van der Waals surface area (Å²) in [5.74, 6) is 1.35. The van der Waals surface area contributed by atoms with Gasteiger partial charge in [-0.15, -0.1) is 11.3 Å². The van der Waals surface area contributed by atoms with E-state index < -0.39 is 0 Å². The highest BCUT2D eigenvalue weighted by Crippen LogP contribution is 2.38. The largest absolute Gasteiger partial charge is 0.497 e. The molecule has 0 atom stereocenters. The summed E-state index contributed by atoms with van der Waals surface area (Å²) in [6.45, 7) is 3.59. The van der Waals surface area contributed by atoms with E-state index in [1.165, 1.54) is 18.3 Å². The zero-order valence-electron chi connectivity index (χ0n) is 13.2. The highest BCUT2D eigenvalue weighted by molar-refractivity contribution is 7.16. The highest BCUT2D eigenvalue weighted by atomic mass is 32.1.